The second-order valence-corrected chi connectivity index (χ2v) is 6.77. The van der Waals surface area contributed by atoms with Crippen LogP contribution in [0.25, 0.3) is 0 Å². The van der Waals surface area contributed by atoms with Gasteiger partial charge < -0.3 is 10.5 Å². The molecule has 0 atom stereocenters. The molecule has 0 fully saturated rings. The molecule has 0 aliphatic carbocycles. The first-order valence-corrected chi connectivity index (χ1v) is 8.49. The first-order chi connectivity index (χ1) is 9.43. The average molecular weight is 300 g/mol. The van der Waals surface area contributed by atoms with Gasteiger partial charge in [0.05, 0.1) is 18.5 Å². The highest BCUT2D eigenvalue weighted by Crippen LogP contribution is 2.13. The average Bonchev–Trinajstić information content (AvgIpc) is 2.35. The van der Waals surface area contributed by atoms with Crippen LogP contribution in [0.3, 0.4) is 0 Å². The van der Waals surface area contributed by atoms with Crippen molar-refractivity contribution >= 4 is 15.7 Å². The summed E-state index contributed by atoms with van der Waals surface area (Å²) in [6.45, 7) is 4.57. The van der Waals surface area contributed by atoms with Crippen LogP contribution >= 0.6 is 0 Å². The number of sulfonamides is 1. The lowest BCUT2D eigenvalue weighted by molar-refractivity contribution is 0.0913. The summed E-state index contributed by atoms with van der Waals surface area (Å²) in [6, 6.07) is 7.40. The van der Waals surface area contributed by atoms with Gasteiger partial charge in [-0.05, 0) is 50.9 Å². The van der Waals surface area contributed by atoms with E-state index in [0.29, 0.717) is 12.2 Å². The Bertz CT molecular complexity index is 501. The summed E-state index contributed by atoms with van der Waals surface area (Å²) < 4.78 is 31.6. The Hall–Kier alpha value is -1.11. The molecule has 0 bridgehead atoms. The molecule has 0 aliphatic heterocycles. The second kappa shape index (κ2) is 8.24. The van der Waals surface area contributed by atoms with Crippen molar-refractivity contribution in [1.29, 1.82) is 0 Å². The smallest absolute Gasteiger partial charge is 0.235 e. The minimum absolute atomic E-state index is 0.0322. The predicted molar refractivity (Wildman–Crippen MR) is 82.3 cm³/mol. The molecule has 0 unspecified atom stereocenters. The molecule has 6 heteroatoms. The third-order valence-corrected chi connectivity index (χ3v) is 3.92. The van der Waals surface area contributed by atoms with Crippen LogP contribution in [0.2, 0.25) is 0 Å². The molecule has 0 amide bonds. The molecule has 20 heavy (non-hydrogen) atoms. The van der Waals surface area contributed by atoms with Gasteiger partial charge in [-0.1, -0.05) is 12.1 Å². The zero-order valence-corrected chi connectivity index (χ0v) is 12.9. The van der Waals surface area contributed by atoms with E-state index < -0.39 is 10.0 Å². The monoisotopic (exact) mass is 300 g/mol. The number of benzene rings is 1. The highest BCUT2D eigenvalue weighted by atomic mass is 32.2. The second-order valence-electron chi connectivity index (χ2n) is 4.93. The first kappa shape index (κ1) is 16.9. The molecule has 0 saturated carbocycles. The summed E-state index contributed by atoms with van der Waals surface area (Å²) in [5.41, 5.74) is 7.13. The van der Waals surface area contributed by atoms with E-state index in [0.717, 1.165) is 18.4 Å². The van der Waals surface area contributed by atoms with Crippen molar-refractivity contribution in [3.05, 3.63) is 29.8 Å². The van der Waals surface area contributed by atoms with Crippen LogP contribution in [-0.2, 0) is 21.2 Å². The molecule has 0 radical (unpaired) electrons. The van der Waals surface area contributed by atoms with Crippen LogP contribution in [0.4, 0.5) is 5.69 Å². The van der Waals surface area contributed by atoms with E-state index in [2.05, 4.69) is 4.72 Å². The summed E-state index contributed by atoms with van der Waals surface area (Å²) in [6.07, 6.45) is 1.77. The number of ether oxygens (including phenoxy) is 1. The SMILES string of the molecule is CC(C)OCCS(=O)(=O)Nc1cccc(CCCN)c1. The third-order valence-electron chi connectivity index (χ3n) is 2.67. The van der Waals surface area contributed by atoms with Crippen molar-refractivity contribution < 1.29 is 13.2 Å². The lowest BCUT2D eigenvalue weighted by Crippen LogP contribution is -2.21. The first-order valence-electron chi connectivity index (χ1n) is 6.84. The Labute approximate surface area is 121 Å². The summed E-state index contributed by atoms with van der Waals surface area (Å²) >= 11 is 0. The molecular formula is C14H24N2O3S. The topological polar surface area (TPSA) is 81.4 Å². The van der Waals surface area contributed by atoms with E-state index in [9.17, 15) is 8.42 Å². The van der Waals surface area contributed by atoms with Crippen molar-refractivity contribution in [2.24, 2.45) is 5.73 Å². The van der Waals surface area contributed by atoms with Gasteiger partial charge in [-0.15, -0.1) is 0 Å². The minimum atomic E-state index is -3.37. The van der Waals surface area contributed by atoms with Crippen molar-refractivity contribution in [3.63, 3.8) is 0 Å². The Morgan fingerprint density at radius 3 is 2.75 bits per heavy atom. The fourth-order valence-electron chi connectivity index (χ4n) is 1.72. The predicted octanol–water partition coefficient (Wildman–Crippen LogP) is 1.74. The van der Waals surface area contributed by atoms with Gasteiger partial charge in [-0.3, -0.25) is 4.72 Å². The highest BCUT2D eigenvalue weighted by molar-refractivity contribution is 7.92. The van der Waals surface area contributed by atoms with Crippen LogP contribution in [0.1, 0.15) is 25.8 Å². The molecule has 0 spiro atoms. The lowest BCUT2D eigenvalue weighted by Gasteiger charge is -2.11. The van der Waals surface area contributed by atoms with Gasteiger partial charge in [0.25, 0.3) is 0 Å². The Morgan fingerprint density at radius 2 is 2.10 bits per heavy atom. The van der Waals surface area contributed by atoms with Crippen LogP contribution in [0, 0.1) is 0 Å². The quantitative estimate of drug-likeness (QED) is 0.728. The maximum Gasteiger partial charge on any atom is 0.235 e. The van der Waals surface area contributed by atoms with E-state index in [1.54, 1.807) is 6.07 Å². The standard InChI is InChI=1S/C14H24N2O3S/c1-12(2)19-9-10-20(17,18)16-14-7-3-5-13(11-14)6-4-8-15/h3,5,7,11-12,16H,4,6,8-10,15H2,1-2H3. The molecule has 114 valence electrons. The Morgan fingerprint density at radius 1 is 1.35 bits per heavy atom. The van der Waals surface area contributed by atoms with Gasteiger partial charge >= 0.3 is 0 Å². The highest BCUT2D eigenvalue weighted by Gasteiger charge is 2.11. The molecule has 1 rings (SSSR count). The van der Waals surface area contributed by atoms with Crippen molar-refractivity contribution in [3.8, 4) is 0 Å². The van der Waals surface area contributed by atoms with E-state index >= 15 is 0 Å². The van der Waals surface area contributed by atoms with Crippen molar-refractivity contribution in [2.45, 2.75) is 32.8 Å². The number of hydrogen-bond donors (Lipinski definition) is 2. The summed E-state index contributed by atoms with van der Waals surface area (Å²) in [7, 11) is -3.37. The van der Waals surface area contributed by atoms with Crippen LogP contribution in [0.15, 0.2) is 24.3 Å². The number of hydrogen-bond acceptors (Lipinski definition) is 4. The van der Waals surface area contributed by atoms with Crippen molar-refractivity contribution in [2.75, 3.05) is 23.6 Å². The molecule has 0 aromatic heterocycles. The molecule has 1 aromatic carbocycles. The molecule has 3 N–H and O–H groups in total. The summed E-state index contributed by atoms with van der Waals surface area (Å²) in [4.78, 5) is 0. The fourth-order valence-corrected chi connectivity index (χ4v) is 2.62. The summed E-state index contributed by atoms with van der Waals surface area (Å²) in [5.74, 6) is -0.0434. The van der Waals surface area contributed by atoms with E-state index in [-0.39, 0.29) is 18.5 Å². The van der Waals surface area contributed by atoms with Gasteiger partial charge in [0, 0.05) is 5.69 Å². The van der Waals surface area contributed by atoms with Gasteiger partial charge in [-0.25, -0.2) is 8.42 Å². The van der Waals surface area contributed by atoms with Crippen LogP contribution in [0.5, 0.6) is 0 Å². The zero-order valence-electron chi connectivity index (χ0n) is 12.1. The van der Waals surface area contributed by atoms with E-state index in [4.69, 9.17) is 10.5 Å². The van der Waals surface area contributed by atoms with Crippen molar-refractivity contribution in [1.82, 2.24) is 0 Å². The zero-order chi connectivity index (χ0) is 15.0. The third kappa shape index (κ3) is 6.88. The largest absolute Gasteiger partial charge is 0.378 e. The number of nitrogens with two attached hydrogens (primary N) is 1. The number of nitrogens with one attached hydrogen (secondary N) is 1. The maximum absolute atomic E-state index is 11.9. The normalized spacial score (nSPS) is 11.8. The maximum atomic E-state index is 11.9. The number of rotatable bonds is 9. The van der Waals surface area contributed by atoms with Gasteiger partial charge in [0.2, 0.25) is 10.0 Å². The molecule has 1 aromatic rings. The van der Waals surface area contributed by atoms with Crippen LogP contribution < -0.4 is 10.5 Å². The van der Waals surface area contributed by atoms with Gasteiger partial charge in [0.1, 0.15) is 0 Å². The minimum Gasteiger partial charge on any atom is -0.378 e. The van der Waals surface area contributed by atoms with Gasteiger partial charge in [-0.2, -0.15) is 0 Å². The Kier molecular flexibility index (Phi) is 6.98. The molecule has 0 aliphatic rings. The molecule has 0 heterocycles. The molecular weight excluding hydrogens is 276 g/mol. The fraction of sp³-hybridized carbons (Fsp3) is 0.571. The molecule has 5 nitrogen and oxygen atoms in total. The van der Waals surface area contributed by atoms with E-state index in [1.807, 2.05) is 32.0 Å². The van der Waals surface area contributed by atoms with E-state index in [1.165, 1.54) is 0 Å². The lowest BCUT2D eigenvalue weighted by atomic mass is 10.1. The van der Waals surface area contributed by atoms with Crippen LogP contribution in [-0.4, -0.2) is 33.4 Å². The summed E-state index contributed by atoms with van der Waals surface area (Å²) in [5, 5.41) is 0. The number of aryl methyl sites for hydroxylation is 1. The Balaban J connectivity index is 2.58. The number of anilines is 1. The van der Waals surface area contributed by atoms with Gasteiger partial charge in [0.15, 0.2) is 0 Å². The molecule has 0 saturated heterocycles.